The quantitative estimate of drug-likeness (QED) is 0.750. The van der Waals surface area contributed by atoms with Gasteiger partial charge in [0.2, 0.25) is 0 Å². The number of nitrogens with zero attached hydrogens (tertiary/aromatic N) is 2. The third-order valence-electron chi connectivity index (χ3n) is 5.13. The van der Waals surface area contributed by atoms with Crippen molar-refractivity contribution >= 4 is 23.3 Å². The number of esters is 2. The summed E-state index contributed by atoms with van der Waals surface area (Å²) in [4.78, 5) is 28.5. The molecule has 2 aliphatic rings. The molecule has 7 heteroatoms. The van der Waals surface area contributed by atoms with Crippen LogP contribution in [-0.4, -0.2) is 52.1 Å². The van der Waals surface area contributed by atoms with E-state index >= 15 is 0 Å². The van der Waals surface area contributed by atoms with E-state index in [1.165, 1.54) is 33.5 Å². The maximum absolute atomic E-state index is 12.3. The van der Waals surface area contributed by atoms with E-state index in [9.17, 15) is 9.59 Å². The van der Waals surface area contributed by atoms with Crippen molar-refractivity contribution < 1.29 is 23.8 Å². The molecule has 0 amide bonds. The third-order valence-corrected chi connectivity index (χ3v) is 5.13. The average Bonchev–Trinajstić information content (AvgIpc) is 2.72. The van der Waals surface area contributed by atoms with E-state index in [4.69, 9.17) is 14.2 Å². The minimum atomic E-state index is -0.598. The summed E-state index contributed by atoms with van der Waals surface area (Å²) >= 11 is 0. The Morgan fingerprint density at radius 1 is 1.04 bits per heavy atom. The zero-order chi connectivity index (χ0) is 19.4. The van der Waals surface area contributed by atoms with Crippen molar-refractivity contribution in [1.29, 1.82) is 0 Å². The Morgan fingerprint density at radius 3 is 2.33 bits per heavy atom. The van der Waals surface area contributed by atoms with Gasteiger partial charge in [-0.25, -0.2) is 9.59 Å². The molecule has 0 bridgehead atoms. The molecule has 0 spiro atoms. The number of carbonyl (C=O) groups is 2. The number of ether oxygens (including phenoxy) is 3. The molecule has 0 aromatic heterocycles. The molecule has 2 heterocycles. The number of hydrogen-bond donors (Lipinski definition) is 0. The van der Waals surface area contributed by atoms with Crippen LogP contribution in [0, 0.1) is 0 Å². The van der Waals surface area contributed by atoms with Crippen LogP contribution in [0.2, 0.25) is 0 Å². The lowest BCUT2D eigenvalue weighted by Crippen LogP contribution is -2.39. The fourth-order valence-electron chi connectivity index (χ4n) is 3.65. The van der Waals surface area contributed by atoms with Gasteiger partial charge in [0, 0.05) is 24.0 Å². The lowest BCUT2D eigenvalue weighted by molar-refractivity contribution is -0.140. The van der Waals surface area contributed by atoms with Crippen molar-refractivity contribution in [3.05, 3.63) is 35.5 Å². The second kappa shape index (κ2) is 8.43. The monoisotopic (exact) mass is 374 g/mol. The Bertz CT molecular complexity index is 728. The summed E-state index contributed by atoms with van der Waals surface area (Å²) in [5.74, 6) is -1.19. The van der Waals surface area contributed by atoms with Crippen LogP contribution >= 0.6 is 0 Å². The first-order valence-electron chi connectivity index (χ1n) is 9.18. The Morgan fingerprint density at radius 2 is 1.70 bits per heavy atom. The van der Waals surface area contributed by atoms with E-state index in [0.717, 1.165) is 17.9 Å². The largest absolute Gasteiger partial charge is 0.466 e. The molecule has 1 aromatic rings. The highest BCUT2D eigenvalue weighted by Crippen LogP contribution is 2.30. The number of hydrogen-bond acceptors (Lipinski definition) is 7. The van der Waals surface area contributed by atoms with E-state index in [-0.39, 0.29) is 24.6 Å². The zero-order valence-electron chi connectivity index (χ0n) is 16.1. The zero-order valence-corrected chi connectivity index (χ0v) is 16.1. The summed E-state index contributed by atoms with van der Waals surface area (Å²) in [6.07, 6.45) is 3.66. The molecule has 27 heavy (non-hydrogen) atoms. The number of carbonyl (C=O) groups excluding carboxylic acids is 2. The smallest absolute Gasteiger partial charge is 0.355 e. The first kappa shape index (κ1) is 19.2. The molecule has 1 aromatic carbocycles. The number of anilines is 2. The number of benzene rings is 1. The summed E-state index contributed by atoms with van der Waals surface area (Å²) in [6.45, 7) is 3.46. The normalized spacial score (nSPS) is 20.5. The van der Waals surface area contributed by atoms with Crippen LogP contribution in [0.5, 0.6) is 0 Å². The maximum Gasteiger partial charge on any atom is 0.355 e. The van der Waals surface area contributed by atoms with Crippen LogP contribution in [0.4, 0.5) is 11.4 Å². The second-order valence-electron chi connectivity index (χ2n) is 6.77. The van der Waals surface area contributed by atoms with E-state index < -0.39 is 11.9 Å². The predicted octanol–water partition coefficient (Wildman–Crippen LogP) is 2.46. The van der Waals surface area contributed by atoms with Crippen LogP contribution in [0.25, 0.3) is 0 Å². The van der Waals surface area contributed by atoms with Gasteiger partial charge in [0.1, 0.15) is 12.4 Å². The van der Waals surface area contributed by atoms with Crippen molar-refractivity contribution in [2.24, 2.45) is 0 Å². The van der Waals surface area contributed by atoms with Gasteiger partial charge in [0.05, 0.1) is 26.4 Å². The van der Waals surface area contributed by atoms with Gasteiger partial charge in [-0.1, -0.05) is 0 Å². The highest BCUT2D eigenvalue weighted by Gasteiger charge is 2.32. The summed E-state index contributed by atoms with van der Waals surface area (Å²) in [7, 11) is 2.57. The highest BCUT2D eigenvalue weighted by molar-refractivity contribution is 6.03. The Balaban J connectivity index is 1.91. The molecule has 1 atom stereocenters. The lowest BCUT2D eigenvalue weighted by Gasteiger charge is -2.36. The van der Waals surface area contributed by atoms with Gasteiger partial charge >= 0.3 is 11.9 Å². The maximum atomic E-state index is 12.3. The minimum absolute atomic E-state index is 0.0109. The van der Waals surface area contributed by atoms with Crippen molar-refractivity contribution in [1.82, 2.24) is 0 Å². The van der Waals surface area contributed by atoms with E-state index in [2.05, 4.69) is 11.8 Å². The predicted molar refractivity (Wildman–Crippen MR) is 101 cm³/mol. The van der Waals surface area contributed by atoms with Gasteiger partial charge in [-0.3, -0.25) is 0 Å². The van der Waals surface area contributed by atoms with E-state index in [1.807, 2.05) is 24.3 Å². The fraction of sp³-hybridized carbons (Fsp3) is 0.500. The van der Waals surface area contributed by atoms with Gasteiger partial charge in [-0.2, -0.15) is 0 Å². The SMILES string of the molecule is COC(=O)C1=C(C(=O)OC)N(c2ccc(N3CCCCC3C)cc2)COC1. The van der Waals surface area contributed by atoms with Gasteiger partial charge < -0.3 is 24.0 Å². The minimum Gasteiger partial charge on any atom is -0.466 e. The standard InChI is InChI=1S/C20H26N2O5/c1-14-6-4-5-11-21(14)15-7-9-16(10-8-15)22-13-27-12-17(19(23)25-2)18(22)20(24)26-3/h7-10,14H,4-6,11-13H2,1-3H3. The number of piperidine rings is 1. The first-order chi connectivity index (χ1) is 13.1. The summed E-state index contributed by atoms with van der Waals surface area (Å²) in [6, 6.07) is 8.46. The number of methoxy groups -OCH3 is 2. The van der Waals surface area contributed by atoms with Crippen LogP contribution < -0.4 is 9.80 Å². The molecular formula is C20H26N2O5. The Kier molecular flexibility index (Phi) is 6.01. The van der Waals surface area contributed by atoms with Crippen LogP contribution in [0.1, 0.15) is 26.2 Å². The lowest BCUT2D eigenvalue weighted by atomic mass is 10.0. The number of rotatable bonds is 4. The molecule has 0 saturated carbocycles. The average molecular weight is 374 g/mol. The second-order valence-corrected chi connectivity index (χ2v) is 6.77. The van der Waals surface area contributed by atoms with Crippen molar-refractivity contribution in [2.45, 2.75) is 32.2 Å². The molecule has 1 fully saturated rings. The van der Waals surface area contributed by atoms with Crippen LogP contribution in [0.15, 0.2) is 35.5 Å². The molecule has 2 aliphatic heterocycles. The van der Waals surface area contributed by atoms with Crippen LogP contribution in [-0.2, 0) is 23.8 Å². The van der Waals surface area contributed by atoms with Gasteiger partial charge in [0.25, 0.3) is 0 Å². The molecule has 7 nitrogen and oxygen atoms in total. The summed E-state index contributed by atoms with van der Waals surface area (Å²) in [5.41, 5.74) is 2.23. The third kappa shape index (κ3) is 3.93. The molecule has 146 valence electrons. The van der Waals surface area contributed by atoms with Crippen LogP contribution in [0.3, 0.4) is 0 Å². The summed E-state index contributed by atoms with van der Waals surface area (Å²) in [5, 5.41) is 0. The molecule has 1 saturated heterocycles. The first-order valence-corrected chi connectivity index (χ1v) is 9.18. The van der Waals surface area contributed by atoms with Crippen molar-refractivity contribution in [3.63, 3.8) is 0 Å². The topological polar surface area (TPSA) is 68.3 Å². The molecule has 0 N–H and O–H groups in total. The van der Waals surface area contributed by atoms with Crippen molar-refractivity contribution in [3.8, 4) is 0 Å². The van der Waals surface area contributed by atoms with E-state index in [0.29, 0.717) is 6.04 Å². The summed E-state index contributed by atoms with van der Waals surface area (Å²) < 4.78 is 15.2. The van der Waals surface area contributed by atoms with E-state index in [1.54, 1.807) is 4.90 Å². The molecule has 0 radical (unpaired) electrons. The molecule has 0 aliphatic carbocycles. The fourth-order valence-corrected chi connectivity index (χ4v) is 3.65. The highest BCUT2D eigenvalue weighted by atomic mass is 16.5. The van der Waals surface area contributed by atoms with Gasteiger partial charge in [-0.05, 0) is 50.5 Å². The molecule has 1 unspecified atom stereocenters. The van der Waals surface area contributed by atoms with Crippen molar-refractivity contribution in [2.75, 3.05) is 43.9 Å². The Labute approximate surface area is 159 Å². The van der Waals surface area contributed by atoms with Gasteiger partial charge in [-0.15, -0.1) is 0 Å². The molecular weight excluding hydrogens is 348 g/mol. The Hall–Kier alpha value is -2.54. The molecule has 3 rings (SSSR count). The van der Waals surface area contributed by atoms with Gasteiger partial charge in [0.15, 0.2) is 0 Å².